The van der Waals surface area contributed by atoms with E-state index in [1.807, 2.05) is 35.1 Å². The molecule has 2 bridgehead atoms. The van der Waals surface area contributed by atoms with Crippen LogP contribution in [0.1, 0.15) is 44.6 Å². The average Bonchev–Trinajstić information content (AvgIpc) is 3.46. The number of nitrogens with zero attached hydrogens (tertiary/aromatic N) is 5. The van der Waals surface area contributed by atoms with Gasteiger partial charge in [-0.3, -0.25) is 0 Å². The SMILES string of the molecule is CNC(=O)Nc1ccc(-c2nc(N3CC4CCC(C3)O4)c3cnn([C@H]4CC[C@@H](O)CC4)c3n2)cc1. The summed E-state index contributed by atoms with van der Waals surface area (Å²) in [5.41, 5.74) is 2.40. The first-order chi connectivity index (χ1) is 17.1. The predicted octanol–water partition coefficient (Wildman–Crippen LogP) is 3.09. The third kappa shape index (κ3) is 4.32. The molecule has 1 aliphatic carbocycles. The van der Waals surface area contributed by atoms with Crippen LogP contribution in [0.5, 0.6) is 0 Å². The third-order valence-corrected chi connectivity index (χ3v) is 7.42. The predicted molar refractivity (Wildman–Crippen MR) is 132 cm³/mol. The van der Waals surface area contributed by atoms with Crippen molar-refractivity contribution in [1.29, 1.82) is 0 Å². The minimum Gasteiger partial charge on any atom is -0.393 e. The molecule has 2 aliphatic heterocycles. The molecule has 2 amide bonds. The van der Waals surface area contributed by atoms with E-state index in [-0.39, 0.29) is 30.4 Å². The molecule has 3 aromatic rings. The van der Waals surface area contributed by atoms with E-state index in [1.54, 1.807) is 7.05 Å². The van der Waals surface area contributed by atoms with Crippen molar-refractivity contribution in [3.05, 3.63) is 30.5 Å². The number of carbonyl (C=O) groups excluding carboxylic acids is 1. The summed E-state index contributed by atoms with van der Waals surface area (Å²) < 4.78 is 8.11. The van der Waals surface area contributed by atoms with Gasteiger partial charge in [0.2, 0.25) is 0 Å². The molecule has 2 aromatic heterocycles. The second-order valence-corrected chi connectivity index (χ2v) is 9.80. The monoisotopic (exact) mass is 477 g/mol. The van der Waals surface area contributed by atoms with Gasteiger partial charge < -0.3 is 25.4 Å². The van der Waals surface area contributed by atoms with Crippen LogP contribution < -0.4 is 15.5 Å². The van der Waals surface area contributed by atoms with Crippen LogP contribution >= 0.6 is 0 Å². The normalized spacial score (nSPS) is 26.2. The maximum absolute atomic E-state index is 11.7. The maximum Gasteiger partial charge on any atom is 0.318 e. The quantitative estimate of drug-likeness (QED) is 0.529. The Hall–Kier alpha value is -3.24. The number of aromatic nitrogens is 4. The Morgan fingerprint density at radius 1 is 1.03 bits per heavy atom. The molecule has 184 valence electrons. The fourth-order valence-corrected chi connectivity index (χ4v) is 5.53. The van der Waals surface area contributed by atoms with Gasteiger partial charge in [0.25, 0.3) is 0 Å². The van der Waals surface area contributed by atoms with E-state index >= 15 is 0 Å². The number of morpholine rings is 1. The molecule has 0 spiro atoms. The summed E-state index contributed by atoms with van der Waals surface area (Å²) in [6.45, 7) is 1.63. The van der Waals surface area contributed by atoms with Crippen LogP contribution in [0, 0.1) is 0 Å². The molecule has 4 heterocycles. The Kier molecular flexibility index (Phi) is 5.77. The lowest BCUT2D eigenvalue weighted by Gasteiger charge is -2.33. The van der Waals surface area contributed by atoms with E-state index in [1.165, 1.54) is 0 Å². The second-order valence-electron chi connectivity index (χ2n) is 9.80. The largest absolute Gasteiger partial charge is 0.393 e. The molecule has 1 saturated carbocycles. The van der Waals surface area contributed by atoms with Crippen LogP contribution in [-0.2, 0) is 4.74 Å². The van der Waals surface area contributed by atoms with Crippen LogP contribution in [0.3, 0.4) is 0 Å². The number of aliphatic hydroxyl groups excluding tert-OH is 1. The van der Waals surface area contributed by atoms with Crippen LogP contribution in [0.15, 0.2) is 30.5 Å². The molecule has 3 aliphatic rings. The summed E-state index contributed by atoms with van der Waals surface area (Å²) in [5, 5.41) is 21.1. The van der Waals surface area contributed by atoms with E-state index in [0.29, 0.717) is 11.5 Å². The Morgan fingerprint density at radius 3 is 2.43 bits per heavy atom. The van der Waals surface area contributed by atoms with Crippen molar-refractivity contribution in [2.45, 2.75) is 62.9 Å². The molecule has 10 heteroatoms. The number of nitrogens with one attached hydrogen (secondary N) is 2. The summed E-state index contributed by atoms with van der Waals surface area (Å²) in [4.78, 5) is 24.0. The molecule has 1 aromatic carbocycles. The van der Waals surface area contributed by atoms with Crippen molar-refractivity contribution in [3.63, 3.8) is 0 Å². The third-order valence-electron chi connectivity index (χ3n) is 7.42. The lowest BCUT2D eigenvalue weighted by atomic mass is 9.93. The Bertz CT molecular complexity index is 1210. The topological polar surface area (TPSA) is 117 Å². The molecule has 2 unspecified atom stereocenters. The highest BCUT2D eigenvalue weighted by molar-refractivity contribution is 5.90. The van der Waals surface area contributed by atoms with Crippen LogP contribution in [0.25, 0.3) is 22.4 Å². The number of hydrogen-bond donors (Lipinski definition) is 3. The van der Waals surface area contributed by atoms with E-state index in [0.717, 1.165) is 74.0 Å². The number of benzene rings is 1. The average molecular weight is 478 g/mol. The number of hydrogen-bond acceptors (Lipinski definition) is 7. The minimum atomic E-state index is -0.263. The van der Waals surface area contributed by atoms with Crippen molar-refractivity contribution in [2.75, 3.05) is 30.4 Å². The lowest BCUT2D eigenvalue weighted by Crippen LogP contribution is -2.43. The number of aliphatic hydroxyl groups is 1. The first-order valence-electron chi connectivity index (χ1n) is 12.5. The van der Waals surface area contributed by atoms with E-state index < -0.39 is 0 Å². The summed E-state index contributed by atoms with van der Waals surface area (Å²) in [7, 11) is 1.59. The molecule has 3 fully saturated rings. The van der Waals surface area contributed by atoms with E-state index in [4.69, 9.17) is 19.8 Å². The zero-order valence-electron chi connectivity index (χ0n) is 19.9. The number of carbonyl (C=O) groups is 1. The first kappa shape index (κ1) is 22.2. The Balaban J connectivity index is 1.40. The van der Waals surface area contributed by atoms with E-state index in [9.17, 15) is 9.90 Å². The Morgan fingerprint density at radius 2 is 1.74 bits per heavy atom. The van der Waals surface area contributed by atoms with Gasteiger partial charge in [-0.05, 0) is 62.8 Å². The van der Waals surface area contributed by atoms with Gasteiger partial charge in [0.05, 0.1) is 35.9 Å². The van der Waals surface area contributed by atoms with Gasteiger partial charge in [-0.2, -0.15) is 5.10 Å². The molecule has 10 nitrogen and oxygen atoms in total. The van der Waals surface area contributed by atoms with Gasteiger partial charge in [0.15, 0.2) is 11.5 Å². The zero-order chi connectivity index (χ0) is 23.9. The first-order valence-corrected chi connectivity index (χ1v) is 12.5. The van der Waals surface area contributed by atoms with Crippen molar-refractivity contribution < 1.29 is 14.6 Å². The maximum atomic E-state index is 11.7. The summed E-state index contributed by atoms with van der Waals surface area (Å²) >= 11 is 0. The van der Waals surface area contributed by atoms with E-state index in [2.05, 4.69) is 15.5 Å². The van der Waals surface area contributed by atoms with Crippen LogP contribution in [-0.4, -0.2) is 69.3 Å². The van der Waals surface area contributed by atoms with Gasteiger partial charge in [-0.15, -0.1) is 0 Å². The van der Waals surface area contributed by atoms with Crippen molar-refractivity contribution in [3.8, 4) is 11.4 Å². The van der Waals surface area contributed by atoms with Gasteiger partial charge >= 0.3 is 6.03 Å². The summed E-state index contributed by atoms with van der Waals surface area (Å²) in [5.74, 6) is 1.54. The second kappa shape index (κ2) is 9.09. The highest BCUT2D eigenvalue weighted by Crippen LogP contribution is 2.36. The number of amides is 2. The lowest BCUT2D eigenvalue weighted by molar-refractivity contribution is 0.0303. The molecular formula is C25H31N7O3. The molecule has 2 saturated heterocycles. The van der Waals surface area contributed by atoms with Gasteiger partial charge in [0, 0.05) is 31.4 Å². The molecule has 2 atom stereocenters. The molecule has 35 heavy (non-hydrogen) atoms. The molecular weight excluding hydrogens is 446 g/mol. The number of anilines is 2. The number of rotatable bonds is 4. The smallest absolute Gasteiger partial charge is 0.318 e. The van der Waals surface area contributed by atoms with Crippen LogP contribution in [0.2, 0.25) is 0 Å². The van der Waals surface area contributed by atoms with Gasteiger partial charge in [0.1, 0.15) is 5.82 Å². The zero-order valence-corrected chi connectivity index (χ0v) is 19.9. The van der Waals surface area contributed by atoms with Crippen molar-refractivity contribution in [2.24, 2.45) is 0 Å². The fourth-order valence-electron chi connectivity index (χ4n) is 5.53. The van der Waals surface area contributed by atoms with Crippen molar-refractivity contribution in [1.82, 2.24) is 25.1 Å². The fraction of sp³-hybridized carbons (Fsp3) is 0.520. The highest BCUT2D eigenvalue weighted by Gasteiger charge is 2.35. The standard InChI is InChI=1S/C25H31N7O3/c1-26-25(34)28-16-4-2-15(3-5-16)22-29-23(31-13-19-10-11-20(14-31)35-19)21-12-27-32(24(21)30-22)17-6-8-18(33)9-7-17/h2-5,12,17-20,33H,6-11,13-14H2,1H3,(H2,26,28,34)/t17-,18+,19?,20?. The highest BCUT2D eigenvalue weighted by atomic mass is 16.5. The molecule has 6 rings (SSSR count). The number of urea groups is 1. The Labute approximate surface area is 203 Å². The summed E-state index contributed by atoms with van der Waals surface area (Å²) in [6.07, 6.45) is 7.67. The molecule has 3 N–H and O–H groups in total. The van der Waals surface area contributed by atoms with Crippen molar-refractivity contribution >= 4 is 28.6 Å². The number of ether oxygens (including phenoxy) is 1. The molecule has 0 radical (unpaired) electrons. The van der Waals surface area contributed by atoms with Gasteiger partial charge in [-0.25, -0.2) is 19.4 Å². The number of fused-ring (bicyclic) bond motifs is 3. The van der Waals surface area contributed by atoms with Crippen LogP contribution in [0.4, 0.5) is 16.3 Å². The minimum absolute atomic E-state index is 0.214. The van der Waals surface area contributed by atoms with Gasteiger partial charge in [-0.1, -0.05) is 0 Å². The summed E-state index contributed by atoms with van der Waals surface area (Å²) in [6, 6.07) is 7.51.